The van der Waals surface area contributed by atoms with Crippen molar-refractivity contribution in [3.05, 3.63) is 142 Å². The van der Waals surface area contributed by atoms with Gasteiger partial charge in [0.2, 0.25) is 17.5 Å². The summed E-state index contributed by atoms with van der Waals surface area (Å²) in [6.07, 6.45) is 4.27. The predicted molar refractivity (Wildman–Crippen MR) is 170 cm³/mol. The lowest BCUT2D eigenvalue weighted by molar-refractivity contribution is 0.381. The summed E-state index contributed by atoms with van der Waals surface area (Å²) in [5, 5.41) is -0.357. The summed E-state index contributed by atoms with van der Waals surface area (Å²) in [7, 11) is 0. The average molecular weight is 796 g/mol. The maximum absolute atomic E-state index is 15.6. The molecular formula is C37H11F15N4. The van der Waals surface area contributed by atoms with Gasteiger partial charge >= 0.3 is 0 Å². The Morgan fingerprint density at radius 1 is 0.357 bits per heavy atom. The van der Waals surface area contributed by atoms with Gasteiger partial charge in [0.25, 0.3) is 0 Å². The van der Waals surface area contributed by atoms with E-state index in [9.17, 15) is 39.5 Å². The van der Waals surface area contributed by atoms with E-state index in [1.807, 2.05) is 0 Å². The molecule has 0 fully saturated rings. The maximum atomic E-state index is 15.6. The zero-order chi connectivity index (χ0) is 40.2. The fourth-order valence-corrected chi connectivity index (χ4v) is 6.42. The van der Waals surface area contributed by atoms with Crippen molar-refractivity contribution in [2.75, 3.05) is 0 Å². The van der Waals surface area contributed by atoms with Crippen LogP contribution in [0.2, 0.25) is 0 Å². The molecule has 5 heterocycles. The highest BCUT2D eigenvalue weighted by Gasteiger charge is 2.32. The topological polar surface area (TPSA) is 48.9 Å². The highest BCUT2D eigenvalue weighted by atomic mass is 19.2. The molecule has 0 atom stereocenters. The van der Waals surface area contributed by atoms with Gasteiger partial charge in [-0.25, -0.2) is 70.8 Å². The Hall–Kier alpha value is -6.66. The summed E-state index contributed by atoms with van der Waals surface area (Å²) in [4.78, 5) is 9.05. The van der Waals surface area contributed by atoms with E-state index in [4.69, 9.17) is 0 Å². The molecule has 19 heteroatoms. The zero-order valence-corrected chi connectivity index (χ0v) is 26.8. The van der Waals surface area contributed by atoms with E-state index in [0.29, 0.717) is 0 Å². The summed E-state index contributed by atoms with van der Waals surface area (Å²) in [5.41, 5.74) is -10.5. The van der Waals surface area contributed by atoms with E-state index in [0.717, 1.165) is 59.3 Å². The van der Waals surface area contributed by atoms with Crippen molar-refractivity contribution in [1.29, 1.82) is 0 Å². The third kappa shape index (κ3) is 5.09. The molecule has 7 aromatic rings. The van der Waals surface area contributed by atoms with E-state index in [1.54, 1.807) is 0 Å². The number of aromatic amines is 2. The lowest BCUT2D eigenvalue weighted by Crippen LogP contribution is -2.05. The largest absolute Gasteiger partial charge is 0.354 e. The van der Waals surface area contributed by atoms with Gasteiger partial charge < -0.3 is 14.4 Å². The number of rotatable bonds is 3. The standard InChI is InChI=1S/C37H11F15N4/c38-23-20(24(39)30(45)35(50)29(23)44)17-10-7-8-56(9-10)16-6-5-15(55-16)19(22-27(42)33(48)37(52)34(49)28(22)43)14-4-3-13(54-14)18(12-2-1-11(17)53-12)21-25(40)31(46)36(51)32(47)26(21)41/h1-9,53-54H. The second-order valence-corrected chi connectivity index (χ2v) is 12.0. The van der Waals surface area contributed by atoms with Crippen LogP contribution in [0.1, 0.15) is 11.5 Å². The minimum absolute atomic E-state index is 0.216. The van der Waals surface area contributed by atoms with Gasteiger partial charge in [0.1, 0.15) is 5.82 Å². The molecule has 8 bridgehead atoms. The van der Waals surface area contributed by atoms with E-state index < -0.39 is 148 Å². The first kappa shape index (κ1) is 36.3. The number of benzene rings is 3. The van der Waals surface area contributed by atoms with Crippen molar-refractivity contribution in [3.8, 4) is 33.4 Å². The summed E-state index contributed by atoms with van der Waals surface area (Å²) >= 11 is 0. The highest BCUT2D eigenvalue weighted by molar-refractivity contribution is 6.00. The Labute approximate surface area is 299 Å². The van der Waals surface area contributed by atoms with Crippen LogP contribution in [0.15, 0.2) is 42.7 Å². The van der Waals surface area contributed by atoms with Crippen molar-refractivity contribution < 1.29 is 65.9 Å². The monoisotopic (exact) mass is 796 g/mol. The van der Waals surface area contributed by atoms with E-state index in [2.05, 4.69) is 15.0 Å². The number of hydrogen-bond donors (Lipinski definition) is 2. The molecule has 0 amide bonds. The average Bonchev–Trinajstić information content (AvgIpc) is 4.03. The summed E-state index contributed by atoms with van der Waals surface area (Å²) in [5.74, 6) is -36.6. The SMILES string of the molecule is Fc1c(F)c(F)c(-c2c3nc(n4ccc(c4)c(-c4c(F)c(F)c(F)c(F)c4F)c4ccc([nH]4)c(-c4c(F)c(F)c(F)c(F)c4F)c4ccc2[nH]4)C=C3)c(F)c1F. The van der Waals surface area contributed by atoms with Crippen LogP contribution in [-0.2, 0) is 0 Å². The summed E-state index contributed by atoms with van der Waals surface area (Å²) in [6.45, 7) is 0. The molecule has 4 nitrogen and oxygen atoms in total. The van der Waals surface area contributed by atoms with Crippen molar-refractivity contribution in [2.45, 2.75) is 0 Å². The van der Waals surface area contributed by atoms with Crippen molar-refractivity contribution in [3.63, 3.8) is 0 Å². The van der Waals surface area contributed by atoms with Gasteiger partial charge in [0, 0.05) is 56.5 Å². The molecule has 0 aliphatic carbocycles. The zero-order valence-electron chi connectivity index (χ0n) is 26.8. The fraction of sp³-hybridized carbons (Fsp3) is 0. The predicted octanol–water partition coefficient (Wildman–Crippen LogP) is 11.6. The smallest absolute Gasteiger partial charge is 0.200 e. The Kier molecular flexibility index (Phi) is 8.24. The molecule has 0 radical (unpaired) electrons. The maximum Gasteiger partial charge on any atom is 0.200 e. The number of fused-ring (bicyclic) bond motifs is 9. The minimum Gasteiger partial charge on any atom is -0.354 e. The quantitative estimate of drug-likeness (QED) is 0.104. The summed E-state index contributed by atoms with van der Waals surface area (Å²) in [6, 6.07) is 4.54. The van der Waals surface area contributed by atoms with Gasteiger partial charge in [-0.2, -0.15) is 0 Å². The molecule has 3 aromatic carbocycles. The van der Waals surface area contributed by atoms with Crippen molar-refractivity contribution in [1.82, 2.24) is 19.4 Å². The normalized spacial score (nSPS) is 12.1. The first-order chi connectivity index (χ1) is 26.5. The number of halogens is 15. The first-order valence-corrected chi connectivity index (χ1v) is 15.4. The van der Waals surface area contributed by atoms with Gasteiger partial charge in [-0.15, -0.1) is 0 Å². The van der Waals surface area contributed by atoms with Crippen LogP contribution in [0.5, 0.6) is 0 Å². The van der Waals surface area contributed by atoms with E-state index in [-0.39, 0.29) is 11.2 Å². The highest BCUT2D eigenvalue weighted by Crippen LogP contribution is 2.42. The van der Waals surface area contributed by atoms with Gasteiger partial charge in [-0.05, 0) is 42.5 Å². The third-order valence-electron chi connectivity index (χ3n) is 8.96. The molecule has 1 aliphatic heterocycles. The lowest BCUT2D eigenvalue weighted by atomic mass is 10.0. The number of nitrogens with zero attached hydrogens (tertiary/aromatic N) is 2. The number of hydrogen-bond acceptors (Lipinski definition) is 1. The molecule has 1 aliphatic rings. The second-order valence-electron chi connectivity index (χ2n) is 12.0. The van der Waals surface area contributed by atoms with Crippen molar-refractivity contribution in [2.24, 2.45) is 0 Å². The number of H-pyrrole nitrogens is 2. The van der Waals surface area contributed by atoms with Gasteiger partial charge in [0.05, 0.1) is 22.4 Å². The van der Waals surface area contributed by atoms with E-state index in [1.165, 1.54) is 0 Å². The van der Waals surface area contributed by atoms with Crippen LogP contribution in [0, 0.1) is 87.3 Å². The van der Waals surface area contributed by atoms with Crippen LogP contribution in [0.3, 0.4) is 0 Å². The first-order valence-electron chi connectivity index (χ1n) is 15.4. The van der Waals surface area contributed by atoms with Gasteiger partial charge in [-0.1, -0.05) is 0 Å². The van der Waals surface area contributed by atoms with Crippen LogP contribution < -0.4 is 0 Å². The van der Waals surface area contributed by atoms with Gasteiger partial charge in [0.15, 0.2) is 69.8 Å². The number of aromatic nitrogens is 4. The molecule has 0 unspecified atom stereocenters. The molecule has 4 aromatic heterocycles. The van der Waals surface area contributed by atoms with Crippen LogP contribution >= 0.6 is 0 Å². The lowest BCUT2D eigenvalue weighted by Gasteiger charge is -2.11. The van der Waals surface area contributed by atoms with Crippen LogP contribution in [0.4, 0.5) is 65.9 Å². The minimum atomic E-state index is -2.59. The molecule has 0 saturated heterocycles. The van der Waals surface area contributed by atoms with Crippen LogP contribution in [0.25, 0.3) is 73.0 Å². The van der Waals surface area contributed by atoms with Gasteiger partial charge in [-0.3, -0.25) is 0 Å². The Morgan fingerprint density at radius 2 is 0.696 bits per heavy atom. The Bertz CT molecular complexity index is 2960. The molecule has 0 spiro atoms. The molecule has 2 N–H and O–H groups in total. The third-order valence-corrected chi connectivity index (χ3v) is 8.96. The van der Waals surface area contributed by atoms with Crippen molar-refractivity contribution >= 4 is 39.6 Å². The molecule has 284 valence electrons. The molecule has 56 heavy (non-hydrogen) atoms. The Morgan fingerprint density at radius 3 is 1.12 bits per heavy atom. The summed E-state index contributed by atoms with van der Waals surface area (Å²) < 4.78 is 224. The van der Waals surface area contributed by atoms with E-state index >= 15 is 26.3 Å². The molecular weight excluding hydrogens is 785 g/mol. The molecule has 0 saturated carbocycles. The van der Waals surface area contributed by atoms with Crippen LogP contribution in [-0.4, -0.2) is 19.4 Å². The fourth-order valence-electron chi connectivity index (χ4n) is 6.42. The Balaban J connectivity index is 1.65. The molecule has 8 rings (SSSR count). The number of nitrogens with one attached hydrogen (secondary N) is 2. The second kappa shape index (κ2) is 12.7.